The first-order valence-electron chi connectivity index (χ1n) is 4.78. The molecule has 0 atom stereocenters. The zero-order valence-corrected chi connectivity index (χ0v) is 9.37. The third-order valence-corrected chi connectivity index (χ3v) is 2.39. The van der Waals surface area contributed by atoms with Gasteiger partial charge in [0.15, 0.2) is 0 Å². The van der Waals surface area contributed by atoms with E-state index < -0.39 is 17.8 Å². The smallest absolute Gasteiger partial charge is 0.304 e. The van der Waals surface area contributed by atoms with E-state index in [1.54, 1.807) is 13.8 Å². The Labute approximate surface area is 91.9 Å². The van der Waals surface area contributed by atoms with Crippen LogP contribution >= 0.6 is 0 Å². The number of aryl methyl sites for hydroxylation is 1. The fraction of sp³-hybridized carbons (Fsp3) is 0.600. The molecular weight excluding hydrogens is 218 g/mol. The standard InChI is InChI=1S/C10H14F2N2O2/c1-10(2,4-7(15)16)6-5-14(3)13-8(6)9(11)12/h5,9H,4H2,1-3H3,(H,15,16). The van der Waals surface area contributed by atoms with Crippen molar-refractivity contribution in [3.05, 3.63) is 17.5 Å². The lowest BCUT2D eigenvalue weighted by molar-refractivity contribution is -0.138. The molecule has 6 heteroatoms. The molecule has 0 saturated heterocycles. The van der Waals surface area contributed by atoms with Gasteiger partial charge in [0, 0.05) is 24.2 Å². The maximum atomic E-state index is 12.7. The Balaban J connectivity index is 3.15. The van der Waals surface area contributed by atoms with Gasteiger partial charge in [0.2, 0.25) is 0 Å². The molecule has 0 aliphatic rings. The lowest BCUT2D eigenvalue weighted by Gasteiger charge is -2.22. The van der Waals surface area contributed by atoms with Crippen LogP contribution in [-0.4, -0.2) is 20.9 Å². The highest BCUT2D eigenvalue weighted by Crippen LogP contribution is 2.33. The van der Waals surface area contributed by atoms with Crippen LogP contribution < -0.4 is 0 Å². The van der Waals surface area contributed by atoms with E-state index in [0.717, 1.165) is 0 Å². The van der Waals surface area contributed by atoms with E-state index in [4.69, 9.17) is 5.11 Å². The molecule has 0 bridgehead atoms. The predicted molar refractivity (Wildman–Crippen MR) is 53.4 cm³/mol. The van der Waals surface area contributed by atoms with Crippen LogP contribution in [0.3, 0.4) is 0 Å². The summed E-state index contributed by atoms with van der Waals surface area (Å²) in [6, 6.07) is 0. The number of aliphatic carboxylic acids is 1. The van der Waals surface area contributed by atoms with Crippen LogP contribution in [0, 0.1) is 0 Å². The number of aromatic nitrogens is 2. The molecule has 0 aliphatic heterocycles. The third kappa shape index (κ3) is 2.56. The van der Waals surface area contributed by atoms with Crippen LogP contribution in [0.2, 0.25) is 0 Å². The average Bonchev–Trinajstić information content (AvgIpc) is 2.45. The van der Waals surface area contributed by atoms with E-state index >= 15 is 0 Å². The van der Waals surface area contributed by atoms with E-state index in [2.05, 4.69) is 5.10 Å². The zero-order chi connectivity index (χ0) is 12.5. The minimum absolute atomic E-state index is 0.210. The van der Waals surface area contributed by atoms with Crippen molar-refractivity contribution in [1.82, 2.24) is 9.78 Å². The summed E-state index contributed by atoms with van der Waals surface area (Å²) in [6.45, 7) is 3.23. The molecule has 1 heterocycles. The first-order chi connectivity index (χ1) is 7.24. The summed E-state index contributed by atoms with van der Waals surface area (Å²) in [4.78, 5) is 10.7. The highest BCUT2D eigenvalue weighted by Gasteiger charge is 2.31. The monoisotopic (exact) mass is 232 g/mol. The number of rotatable bonds is 4. The molecule has 0 spiro atoms. The largest absolute Gasteiger partial charge is 0.481 e. The van der Waals surface area contributed by atoms with E-state index in [0.29, 0.717) is 0 Å². The molecule has 0 unspecified atom stereocenters. The number of alkyl halides is 2. The van der Waals surface area contributed by atoms with Gasteiger partial charge in [0.25, 0.3) is 6.43 Å². The summed E-state index contributed by atoms with van der Waals surface area (Å²) >= 11 is 0. The molecule has 1 aromatic rings. The molecule has 90 valence electrons. The molecule has 0 aliphatic carbocycles. The minimum atomic E-state index is -2.69. The SMILES string of the molecule is Cn1cc(C(C)(C)CC(=O)O)c(C(F)F)n1. The highest BCUT2D eigenvalue weighted by atomic mass is 19.3. The quantitative estimate of drug-likeness (QED) is 0.865. The second kappa shape index (κ2) is 4.19. The Morgan fingerprint density at radius 3 is 2.62 bits per heavy atom. The molecule has 0 saturated carbocycles. The molecule has 1 rings (SSSR count). The molecular formula is C10H14F2N2O2. The molecule has 1 N–H and O–H groups in total. The van der Waals surface area contributed by atoms with Crippen LogP contribution in [0.5, 0.6) is 0 Å². The highest BCUT2D eigenvalue weighted by molar-refractivity contribution is 5.69. The Morgan fingerprint density at radius 1 is 1.62 bits per heavy atom. The molecule has 4 nitrogen and oxygen atoms in total. The molecule has 0 aromatic carbocycles. The van der Waals surface area contributed by atoms with E-state index in [1.165, 1.54) is 17.9 Å². The Kier molecular flexibility index (Phi) is 3.30. The van der Waals surface area contributed by atoms with Crippen LogP contribution in [0.4, 0.5) is 8.78 Å². The summed E-state index contributed by atoms with van der Waals surface area (Å²) in [6.07, 6.45) is -1.45. The molecule has 0 radical (unpaired) electrons. The Hall–Kier alpha value is -1.46. The van der Waals surface area contributed by atoms with Crippen LogP contribution in [0.1, 0.15) is 38.0 Å². The lowest BCUT2D eigenvalue weighted by Crippen LogP contribution is -2.22. The molecule has 0 amide bonds. The number of carboxylic acids is 1. The van der Waals surface area contributed by atoms with Crippen molar-refractivity contribution >= 4 is 5.97 Å². The van der Waals surface area contributed by atoms with Gasteiger partial charge < -0.3 is 5.11 Å². The van der Waals surface area contributed by atoms with Crippen molar-refractivity contribution < 1.29 is 18.7 Å². The normalized spacial score (nSPS) is 12.1. The number of carbonyl (C=O) groups is 1. The van der Waals surface area contributed by atoms with Crippen molar-refractivity contribution in [3.63, 3.8) is 0 Å². The lowest BCUT2D eigenvalue weighted by atomic mass is 9.82. The molecule has 0 fully saturated rings. The predicted octanol–water partition coefficient (Wildman–Crippen LogP) is 2.11. The second-order valence-electron chi connectivity index (χ2n) is 4.36. The molecule has 16 heavy (non-hydrogen) atoms. The number of carboxylic acid groups (broad SMARTS) is 1. The Bertz CT molecular complexity index is 400. The van der Waals surface area contributed by atoms with Gasteiger partial charge >= 0.3 is 5.97 Å². The Morgan fingerprint density at radius 2 is 2.19 bits per heavy atom. The van der Waals surface area contributed by atoms with Crippen LogP contribution in [-0.2, 0) is 17.3 Å². The van der Waals surface area contributed by atoms with Gasteiger partial charge in [-0.3, -0.25) is 9.48 Å². The van der Waals surface area contributed by atoms with Gasteiger partial charge in [-0.2, -0.15) is 5.10 Å². The topological polar surface area (TPSA) is 55.1 Å². The van der Waals surface area contributed by atoms with Gasteiger partial charge in [-0.25, -0.2) is 8.78 Å². The fourth-order valence-electron chi connectivity index (χ4n) is 1.66. The first kappa shape index (κ1) is 12.6. The minimum Gasteiger partial charge on any atom is -0.481 e. The van der Waals surface area contributed by atoms with Gasteiger partial charge in [0.05, 0.1) is 6.42 Å². The second-order valence-corrected chi connectivity index (χ2v) is 4.36. The summed E-state index contributed by atoms with van der Waals surface area (Å²) < 4.78 is 26.6. The van der Waals surface area contributed by atoms with Crippen LogP contribution in [0.25, 0.3) is 0 Å². The van der Waals surface area contributed by atoms with Crippen molar-refractivity contribution in [3.8, 4) is 0 Å². The number of hydrogen-bond acceptors (Lipinski definition) is 2. The van der Waals surface area contributed by atoms with Crippen molar-refractivity contribution in [1.29, 1.82) is 0 Å². The maximum Gasteiger partial charge on any atom is 0.304 e. The van der Waals surface area contributed by atoms with Gasteiger partial charge in [0.1, 0.15) is 5.69 Å². The van der Waals surface area contributed by atoms with Crippen molar-refractivity contribution in [2.75, 3.05) is 0 Å². The van der Waals surface area contributed by atoms with Gasteiger partial charge in [-0.1, -0.05) is 13.8 Å². The average molecular weight is 232 g/mol. The maximum absolute atomic E-state index is 12.7. The summed E-state index contributed by atoms with van der Waals surface area (Å²) in [5.41, 5.74) is -0.910. The van der Waals surface area contributed by atoms with Crippen molar-refractivity contribution in [2.45, 2.75) is 32.1 Å². The van der Waals surface area contributed by atoms with Crippen molar-refractivity contribution in [2.24, 2.45) is 7.05 Å². The number of halogens is 2. The summed E-state index contributed by atoms with van der Waals surface area (Å²) in [7, 11) is 1.53. The zero-order valence-electron chi connectivity index (χ0n) is 9.37. The summed E-state index contributed by atoms with van der Waals surface area (Å²) in [5, 5.41) is 12.4. The summed E-state index contributed by atoms with van der Waals surface area (Å²) in [5.74, 6) is -1.02. The third-order valence-electron chi connectivity index (χ3n) is 2.39. The number of nitrogens with zero attached hydrogens (tertiary/aromatic N) is 2. The van der Waals surface area contributed by atoms with Crippen LogP contribution in [0.15, 0.2) is 6.20 Å². The van der Waals surface area contributed by atoms with E-state index in [-0.39, 0.29) is 17.7 Å². The van der Waals surface area contributed by atoms with Gasteiger partial charge in [-0.05, 0) is 0 Å². The van der Waals surface area contributed by atoms with Gasteiger partial charge in [-0.15, -0.1) is 0 Å². The fourth-order valence-corrected chi connectivity index (χ4v) is 1.66. The van der Waals surface area contributed by atoms with E-state index in [9.17, 15) is 13.6 Å². The van der Waals surface area contributed by atoms with E-state index in [1.807, 2.05) is 0 Å². The number of hydrogen-bond donors (Lipinski definition) is 1. The molecule has 1 aromatic heterocycles. The first-order valence-corrected chi connectivity index (χ1v) is 4.78.